The van der Waals surface area contributed by atoms with Gasteiger partial charge in [-0.1, -0.05) is 24.3 Å². The number of hydrogen-bond acceptors (Lipinski definition) is 4. The molecular formula is C21H22N2O4S. The third-order valence-corrected chi connectivity index (χ3v) is 5.88. The fourth-order valence-corrected chi connectivity index (χ4v) is 4.28. The number of carbonyl (C=O) groups excluding carboxylic acids is 2. The molecule has 1 heterocycles. The molecular weight excluding hydrogens is 376 g/mol. The second-order valence-corrected chi connectivity index (χ2v) is 7.81. The standard InChI is InChI=1S/C21H22N2O4S/c1-13-7-8-16(9-14(13)2)22-20(25)18-11-28-12-23(18)19(24)10-15-5-3-4-6-17(15)21(26)27/h3-9,18H,10-12H2,1-2H3,(H,22,25)(H,26,27). The van der Waals surface area contributed by atoms with Crippen molar-refractivity contribution < 1.29 is 19.5 Å². The van der Waals surface area contributed by atoms with E-state index in [1.165, 1.54) is 22.7 Å². The van der Waals surface area contributed by atoms with Gasteiger partial charge in [0, 0.05) is 11.4 Å². The van der Waals surface area contributed by atoms with Gasteiger partial charge in [-0.25, -0.2) is 4.79 Å². The van der Waals surface area contributed by atoms with Crippen molar-refractivity contribution in [2.45, 2.75) is 26.3 Å². The lowest BCUT2D eigenvalue weighted by atomic mass is 10.0. The summed E-state index contributed by atoms with van der Waals surface area (Å²) in [4.78, 5) is 38.4. The van der Waals surface area contributed by atoms with Crippen LogP contribution in [0.1, 0.15) is 27.0 Å². The average molecular weight is 398 g/mol. The number of carboxylic acid groups (broad SMARTS) is 1. The van der Waals surface area contributed by atoms with Gasteiger partial charge in [-0.2, -0.15) is 0 Å². The largest absolute Gasteiger partial charge is 0.478 e. The molecule has 1 unspecified atom stereocenters. The maximum atomic E-state index is 12.8. The van der Waals surface area contributed by atoms with E-state index in [-0.39, 0.29) is 23.8 Å². The van der Waals surface area contributed by atoms with Crippen molar-refractivity contribution in [2.75, 3.05) is 16.9 Å². The van der Waals surface area contributed by atoms with Crippen LogP contribution in [0.2, 0.25) is 0 Å². The zero-order chi connectivity index (χ0) is 20.3. The summed E-state index contributed by atoms with van der Waals surface area (Å²) in [6, 6.07) is 11.6. The summed E-state index contributed by atoms with van der Waals surface area (Å²) in [7, 11) is 0. The summed E-state index contributed by atoms with van der Waals surface area (Å²) in [5.74, 6) is -0.613. The number of nitrogens with one attached hydrogen (secondary N) is 1. The number of carbonyl (C=O) groups is 3. The number of aromatic carboxylic acids is 1. The maximum absolute atomic E-state index is 12.8. The highest BCUT2D eigenvalue weighted by molar-refractivity contribution is 7.99. The van der Waals surface area contributed by atoms with Gasteiger partial charge in [0.25, 0.3) is 0 Å². The fourth-order valence-electron chi connectivity index (χ4n) is 3.10. The zero-order valence-corrected chi connectivity index (χ0v) is 16.6. The van der Waals surface area contributed by atoms with Crippen molar-refractivity contribution in [3.05, 3.63) is 64.7 Å². The highest BCUT2D eigenvalue weighted by Gasteiger charge is 2.35. The van der Waals surface area contributed by atoms with Crippen molar-refractivity contribution in [1.82, 2.24) is 4.90 Å². The van der Waals surface area contributed by atoms with Gasteiger partial charge in [0.05, 0.1) is 17.9 Å². The molecule has 0 bridgehead atoms. The third-order valence-electron chi connectivity index (χ3n) is 4.87. The molecule has 1 aliphatic heterocycles. The second kappa shape index (κ2) is 8.48. The highest BCUT2D eigenvalue weighted by atomic mass is 32.2. The summed E-state index contributed by atoms with van der Waals surface area (Å²) in [6.45, 7) is 3.98. The predicted molar refractivity (Wildman–Crippen MR) is 110 cm³/mol. The van der Waals surface area contributed by atoms with E-state index in [1.54, 1.807) is 18.2 Å². The quantitative estimate of drug-likeness (QED) is 0.808. The molecule has 0 aliphatic carbocycles. The van der Waals surface area contributed by atoms with Gasteiger partial charge in [0.15, 0.2) is 0 Å². The Morgan fingerprint density at radius 1 is 1.14 bits per heavy atom. The molecule has 6 nitrogen and oxygen atoms in total. The van der Waals surface area contributed by atoms with Crippen LogP contribution in [0.5, 0.6) is 0 Å². The number of carboxylic acids is 1. The minimum absolute atomic E-state index is 0.0452. The van der Waals surface area contributed by atoms with Crippen LogP contribution in [0, 0.1) is 13.8 Å². The molecule has 0 spiro atoms. The molecule has 2 aromatic carbocycles. The SMILES string of the molecule is Cc1ccc(NC(=O)C2CSCN2C(=O)Cc2ccccc2C(=O)O)cc1C. The Hall–Kier alpha value is -2.80. The van der Waals surface area contributed by atoms with Crippen LogP contribution in [0.15, 0.2) is 42.5 Å². The van der Waals surface area contributed by atoms with Crippen LogP contribution in [0.4, 0.5) is 5.69 Å². The summed E-state index contributed by atoms with van der Waals surface area (Å²) in [6.07, 6.45) is -0.0452. The lowest BCUT2D eigenvalue weighted by molar-refractivity contribution is -0.135. The number of amides is 2. The molecule has 1 aliphatic rings. The van der Waals surface area contributed by atoms with Crippen molar-refractivity contribution >= 4 is 35.2 Å². The number of anilines is 1. The minimum atomic E-state index is -1.07. The molecule has 1 saturated heterocycles. The van der Waals surface area contributed by atoms with Gasteiger partial charge in [0.1, 0.15) is 6.04 Å². The lowest BCUT2D eigenvalue weighted by Crippen LogP contribution is -2.45. The number of nitrogens with zero attached hydrogens (tertiary/aromatic N) is 1. The first-order chi connectivity index (χ1) is 13.4. The Labute approximate surface area is 167 Å². The summed E-state index contributed by atoms with van der Waals surface area (Å²) >= 11 is 1.51. The van der Waals surface area contributed by atoms with Gasteiger partial charge < -0.3 is 15.3 Å². The number of thioether (sulfide) groups is 1. The average Bonchev–Trinajstić information content (AvgIpc) is 3.15. The normalized spacial score (nSPS) is 16.1. The number of rotatable bonds is 5. The molecule has 3 rings (SSSR count). The monoisotopic (exact) mass is 398 g/mol. The Morgan fingerprint density at radius 2 is 1.89 bits per heavy atom. The van der Waals surface area contributed by atoms with Crippen molar-refractivity contribution in [3.8, 4) is 0 Å². The van der Waals surface area contributed by atoms with E-state index in [1.807, 2.05) is 32.0 Å². The van der Waals surface area contributed by atoms with Crippen LogP contribution >= 0.6 is 11.8 Å². The van der Waals surface area contributed by atoms with Crippen molar-refractivity contribution in [1.29, 1.82) is 0 Å². The molecule has 1 fully saturated rings. The molecule has 2 N–H and O–H groups in total. The molecule has 7 heteroatoms. The van der Waals surface area contributed by atoms with Crippen LogP contribution in [-0.2, 0) is 16.0 Å². The maximum Gasteiger partial charge on any atom is 0.335 e. The van der Waals surface area contributed by atoms with E-state index in [9.17, 15) is 19.5 Å². The number of hydrogen-bond donors (Lipinski definition) is 2. The Balaban J connectivity index is 1.71. The lowest BCUT2D eigenvalue weighted by Gasteiger charge is -2.23. The van der Waals surface area contributed by atoms with Crippen molar-refractivity contribution in [3.63, 3.8) is 0 Å². The summed E-state index contributed by atoms with van der Waals surface area (Å²) < 4.78 is 0. The van der Waals surface area contributed by atoms with Gasteiger partial charge in [0.2, 0.25) is 11.8 Å². The van der Waals surface area contributed by atoms with E-state index in [4.69, 9.17) is 0 Å². The first kappa shape index (κ1) is 19.9. The van der Waals surface area contributed by atoms with E-state index in [2.05, 4.69) is 5.32 Å². The zero-order valence-electron chi connectivity index (χ0n) is 15.8. The van der Waals surface area contributed by atoms with Crippen molar-refractivity contribution in [2.24, 2.45) is 0 Å². The fraction of sp³-hybridized carbons (Fsp3) is 0.286. The van der Waals surface area contributed by atoms with Gasteiger partial charge in [-0.15, -0.1) is 11.8 Å². The third kappa shape index (κ3) is 4.36. The van der Waals surface area contributed by atoms with E-state index in [0.717, 1.165) is 11.1 Å². The molecule has 146 valence electrons. The second-order valence-electron chi connectivity index (χ2n) is 6.81. The Morgan fingerprint density at radius 3 is 2.61 bits per heavy atom. The number of aryl methyl sites for hydroxylation is 2. The van der Waals surface area contributed by atoms with Crippen LogP contribution in [0.25, 0.3) is 0 Å². The molecule has 0 radical (unpaired) electrons. The van der Waals surface area contributed by atoms with E-state index < -0.39 is 12.0 Å². The molecule has 2 aromatic rings. The molecule has 28 heavy (non-hydrogen) atoms. The van der Waals surface area contributed by atoms with E-state index in [0.29, 0.717) is 22.9 Å². The first-order valence-corrected chi connectivity index (χ1v) is 10.1. The number of benzene rings is 2. The summed E-state index contributed by atoms with van der Waals surface area (Å²) in [5, 5.41) is 12.2. The molecule has 0 saturated carbocycles. The Bertz CT molecular complexity index is 928. The molecule has 1 atom stereocenters. The van der Waals surface area contributed by atoms with Crippen LogP contribution in [0.3, 0.4) is 0 Å². The Kier molecular flexibility index (Phi) is 6.04. The smallest absolute Gasteiger partial charge is 0.335 e. The summed E-state index contributed by atoms with van der Waals surface area (Å²) in [5.41, 5.74) is 3.48. The minimum Gasteiger partial charge on any atom is -0.478 e. The van der Waals surface area contributed by atoms with Crippen LogP contribution < -0.4 is 5.32 Å². The van der Waals surface area contributed by atoms with Gasteiger partial charge in [-0.05, 0) is 48.7 Å². The predicted octanol–water partition coefficient (Wildman–Crippen LogP) is 3.08. The molecule has 0 aromatic heterocycles. The topological polar surface area (TPSA) is 86.7 Å². The molecule has 2 amide bonds. The van der Waals surface area contributed by atoms with Gasteiger partial charge >= 0.3 is 5.97 Å². The van der Waals surface area contributed by atoms with Gasteiger partial charge in [-0.3, -0.25) is 9.59 Å². The van der Waals surface area contributed by atoms with E-state index >= 15 is 0 Å². The van der Waals surface area contributed by atoms with Crippen LogP contribution in [-0.4, -0.2) is 45.5 Å². The first-order valence-electron chi connectivity index (χ1n) is 8.93. The highest BCUT2D eigenvalue weighted by Crippen LogP contribution is 2.24.